The Balaban J connectivity index is 2.42. The SMILES string of the molecule is CCCc1nccn1-c1cccc(C(F)(F)F)n1. The Morgan fingerprint density at radius 3 is 2.72 bits per heavy atom. The van der Waals surface area contributed by atoms with Gasteiger partial charge in [-0.2, -0.15) is 13.2 Å². The number of pyridine rings is 1. The average molecular weight is 255 g/mol. The maximum Gasteiger partial charge on any atom is 0.433 e. The van der Waals surface area contributed by atoms with Crippen LogP contribution in [0.15, 0.2) is 30.6 Å². The van der Waals surface area contributed by atoms with E-state index in [0.29, 0.717) is 12.2 Å². The number of hydrogen-bond acceptors (Lipinski definition) is 2. The Morgan fingerprint density at radius 1 is 1.28 bits per heavy atom. The maximum absolute atomic E-state index is 12.6. The van der Waals surface area contributed by atoms with Crippen LogP contribution in [0, 0.1) is 0 Å². The van der Waals surface area contributed by atoms with Gasteiger partial charge in [-0.15, -0.1) is 0 Å². The summed E-state index contributed by atoms with van der Waals surface area (Å²) in [7, 11) is 0. The average Bonchev–Trinajstić information content (AvgIpc) is 2.77. The van der Waals surface area contributed by atoms with Crippen LogP contribution in [0.4, 0.5) is 13.2 Å². The van der Waals surface area contributed by atoms with Gasteiger partial charge in [-0.1, -0.05) is 13.0 Å². The monoisotopic (exact) mass is 255 g/mol. The highest BCUT2D eigenvalue weighted by Crippen LogP contribution is 2.28. The van der Waals surface area contributed by atoms with Gasteiger partial charge in [-0.25, -0.2) is 9.97 Å². The molecule has 2 heterocycles. The van der Waals surface area contributed by atoms with Crippen molar-refractivity contribution in [1.82, 2.24) is 14.5 Å². The maximum atomic E-state index is 12.6. The molecule has 2 aromatic heterocycles. The van der Waals surface area contributed by atoms with Crippen molar-refractivity contribution < 1.29 is 13.2 Å². The fourth-order valence-corrected chi connectivity index (χ4v) is 1.67. The predicted octanol–water partition coefficient (Wildman–Crippen LogP) is 3.24. The van der Waals surface area contributed by atoms with Crippen molar-refractivity contribution in [3.05, 3.63) is 42.1 Å². The highest BCUT2D eigenvalue weighted by molar-refractivity contribution is 5.27. The van der Waals surface area contributed by atoms with E-state index in [9.17, 15) is 13.2 Å². The first-order valence-electron chi connectivity index (χ1n) is 5.59. The van der Waals surface area contributed by atoms with E-state index < -0.39 is 11.9 Å². The van der Waals surface area contributed by atoms with Crippen molar-refractivity contribution in [2.75, 3.05) is 0 Å². The summed E-state index contributed by atoms with van der Waals surface area (Å²) in [5, 5.41) is 0. The third kappa shape index (κ3) is 2.52. The van der Waals surface area contributed by atoms with E-state index in [4.69, 9.17) is 0 Å². The van der Waals surface area contributed by atoms with Crippen LogP contribution >= 0.6 is 0 Å². The number of aryl methyl sites for hydroxylation is 1. The highest BCUT2D eigenvalue weighted by Gasteiger charge is 2.32. The van der Waals surface area contributed by atoms with E-state index in [2.05, 4.69) is 9.97 Å². The van der Waals surface area contributed by atoms with E-state index in [1.165, 1.54) is 12.1 Å². The van der Waals surface area contributed by atoms with E-state index in [0.717, 1.165) is 12.5 Å². The molecule has 0 atom stereocenters. The quantitative estimate of drug-likeness (QED) is 0.843. The van der Waals surface area contributed by atoms with Gasteiger partial charge in [0.15, 0.2) is 0 Å². The van der Waals surface area contributed by atoms with Crippen LogP contribution in [0.1, 0.15) is 24.9 Å². The van der Waals surface area contributed by atoms with Crippen LogP contribution in [0.5, 0.6) is 0 Å². The second kappa shape index (κ2) is 4.80. The van der Waals surface area contributed by atoms with E-state index >= 15 is 0 Å². The standard InChI is InChI=1S/C12H12F3N3/c1-2-4-10-16-7-8-18(10)11-6-3-5-9(17-11)12(13,14)15/h3,5-8H,2,4H2,1H3. The first-order valence-corrected chi connectivity index (χ1v) is 5.59. The third-order valence-corrected chi connectivity index (χ3v) is 2.46. The van der Waals surface area contributed by atoms with E-state index in [1.807, 2.05) is 6.92 Å². The van der Waals surface area contributed by atoms with Crippen molar-refractivity contribution >= 4 is 0 Å². The fraction of sp³-hybridized carbons (Fsp3) is 0.333. The molecule has 0 unspecified atom stereocenters. The molecule has 0 aliphatic carbocycles. The Kier molecular flexibility index (Phi) is 3.36. The Hall–Kier alpha value is -1.85. The highest BCUT2D eigenvalue weighted by atomic mass is 19.4. The minimum absolute atomic E-state index is 0.241. The largest absolute Gasteiger partial charge is 0.433 e. The summed E-state index contributed by atoms with van der Waals surface area (Å²) < 4.78 is 39.3. The van der Waals surface area contributed by atoms with Gasteiger partial charge < -0.3 is 0 Å². The molecule has 2 rings (SSSR count). The molecule has 0 aliphatic heterocycles. The molecule has 6 heteroatoms. The normalized spacial score (nSPS) is 11.8. The van der Waals surface area contributed by atoms with Crippen molar-refractivity contribution in [2.24, 2.45) is 0 Å². The summed E-state index contributed by atoms with van der Waals surface area (Å²) in [4.78, 5) is 7.74. The molecule has 96 valence electrons. The molecule has 0 fully saturated rings. The fourth-order valence-electron chi connectivity index (χ4n) is 1.67. The van der Waals surface area contributed by atoms with Crippen LogP contribution < -0.4 is 0 Å². The lowest BCUT2D eigenvalue weighted by molar-refractivity contribution is -0.141. The van der Waals surface area contributed by atoms with Crippen LogP contribution in [0.3, 0.4) is 0 Å². The molecule has 0 radical (unpaired) electrons. The van der Waals surface area contributed by atoms with Gasteiger partial charge in [0, 0.05) is 18.8 Å². The minimum atomic E-state index is -4.43. The van der Waals surface area contributed by atoms with Crippen LogP contribution in [-0.4, -0.2) is 14.5 Å². The number of rotatable bonds is 3. The molecule has 18 heavy (non-hydrogen) atoms. The molecule has 0 saturated heterocycles. The summed E-state index contributed by atoms with van der Waals surface area (Å²) in [5.41, 5.74) is -0.892. The molecule has 3 nitrogen and oxygen atoms in total. The van der Waals surface area contributed by atoms with Crippen LogP contribution in [0.2, 0.25) is 0 Å². The Labute approximate surface area is 102 Å². The molecule has 0 bridgehead atoms. The molecule has 0 aromatic carbocycles. The van der Waals surface area contributed by atoms with E-state index in [-0.39, 0.29) is 5.82 Å². The molecule has 0 spiro atoms. The first kappa shape index (κ1) is 12.6. The zero-order chi connectivity index (χ0) is 13.2. The molecule has 0 amide bonds. The van der Waals surface area contributed by atoms with Crippen LogP contribution in [0.25, 0.3) is 5.82 Å². The molecule has 0 saturated carbocycles. The number of alkyl halides is 3. The summed E-state index contributed by atoms with van der Waals surface area (Å²) in [6, 6.07) is 3.84. The smallest absolute Gasteiger partial charge is 0.288 e. The lowest BCUT2D eigenvalue weighted by Gasteiger charge is -2.10. The van der Waals surface area contributed by atoms with Crippen LogP contribution in [-0.2, 0) is 12.6 Å². The molecule has 0 aliphatic rings. The van der Waals surface area contributed by atoms with Gasteiger partial charge >= 0.3 is 6.18 Å². The second-order valence-electron chi connectivity index (χ2n) is 3.84. The lowest BCUT2D eigenvalue weighted by Crippen LogP contribution is -2.11. The number of nitrogens with zero attached hydrogens (tertiary/aromatic N) is 3. The van der Waals surface area contributed by atoms with Crippen molar-refractivity contribution in [2.45, 2.75) is 25.9 Å². The number of aromatic nitrogens is 3. The summed E-state index contributed by atoms with van der Waals surface area (Å²) in [6.45, 7) is 1.98. The van der Waals surface area contributed by atoms with Gasteiger partial charge in [0.05, 0.1) is 0 Å². The molecule has 0 N–H and O–H groups in total. The third-order valence-electron chi connectivity index (χ3n) is 2.46. The van der Waals surface area contributed by atoms with Gasteiger partial charge in [0.25, 0.3) is 0 Å². The van der Waals surface area contributed by atoms with Crippen molar-refractivity contribution in [1.29, 1.82) is 0 Å². The van der Waals surface area contributed by atoms with Crippen molar-refractivity contribution in [3.63, 3.8) is 0 Å². The lowest BCUT2D eigenvalue weighted by atomic mass is 10.3. The molecule has 2 aromatic rings. The van der Waals surface area contributed by atoms with Gasteiger partial charge in [-0.05, 0) is 18.6 Å². The summed E-state index contributed by atoms with van der Waals surface area (Å²) in [6.07, 6.45) is 0.322. The second-order valence-corrected chi connectivity index (χ2v) is 3.84. The molecular formula is C12H12F3N3. The topological polar surface area (TPSA) is 30.7 Å². The minimum Gasteiger partial charge on any atom is -0.288 e. The number of imidazole rings is 1. The predicted molar refractivity (Wildman–Crippen MR) is 60.4 cm³/mol. The summed E-state index contributed by atoms with van der Waals surface area (Å²) >= 11 is 0. The first-order chi connectivity index (χ1) is 8.52. The zero-order valence-corrected chi connectivity index (χ0v) is 9.78. The van der Waals surface area contributed by atoms with Gasteiger partial charge in [-0.3, -0.25) is 4.57 Å². The zero-order valence-electron chi connectivity index (χ0n) is 9.78. The Morgan fingerprint density at radius 2 is 2.06 bits per heavy atom. The van der Waals surface area contributed by atoms with Gasteiger partial charge in [0.2, 0.25) is 0 Å². The number of hydrogen-bond donors (Lipinski definition) is 0. The molecular weight excluding hydrogens is 243 g/mol. The Bertz CT molecular complexity index is 531. The van der Waals surface area contributed by atoms with Crippen molar-refractivity contribution in [3.8, 4) is 5.82 Å². The summed E-state index contributed by atoms with van der Waals surface area (Å²) in [5.74, 6) is 0.954. The number of halogens is 3. The van der Waals surface area contributed by atoms with E-state index in [1.54, 1.807) is 17.0 Å². The van der Waals surface area contributed by atoms with Gasteiger partial charge in [0.1, 0.15) is 17.3 Å².